The first-order valence-corrected chi connectivity index (χ1v) is 7.97. The van der Waals surface area contributed by atoms with Gasteiger partial charge in [-0.2, -0.15) is 0 Å². The molecule has 0 aromatic rings. The van der Waals surface area contributed by atoms with E-state index < -0.39 is 0 Å². The van der Waals surface area contributed by atoms with Gasteiger partial charge in [0, 0.05) is 36.6 Å². The Hall–Kier alpha value is -0.810. The van der Waals surface area contributed by atoms with Gasteiger partial charge in [-0.3, -0.25) is 0 Å². The first-order chi connectivity index (χ1) is 9.67. The van der Waals surface area contributed by atoms with Crippen LogP contribution in [0.3, 0.4) is 0 Å². The minimum absolute atomic E-state index is 0.00947. The number of rotatable bonds is 4. The summed E-state index contributed by atoms with van der Waals surface area (Å²) in [4.78, 5) is 12.1. The Bertz CT molecular complexity index is 368. The van der Waals surface area contributed by atoms with Crippen LogP contribution in [-0.4, -0.2) is 42.5 Å². The lowest BCUT2D eigenvalue weighted by Gasteiger charge is -2.56. The van der Waals surface area contributed by atoms with E-state index in [1.54, 1.807) is 0 Å². The first-order valence-electron chi connectivity index (χ1n) is 7.97. The Morgan fingerprint density at radius 3 is 2.90 bits per heavy atom. The van der Waals surface area contributed by atoms with Gasteiger partial charge in [0.2, 0.25) is 0 Å². The highest BCUT2D eigenvalue weighted by atomic mass is 16.5. The highest BCUT2D eigenvalue weighted by Gasteiger charge is 2.65. The molecule has 3 fully saturated rings. The third-order valence-electron chi connectivity index (χ3n) is 5.51. The van der Waals surface area contributed by atoms with E-state index in [-0.39, 0.29) is 30.1 Å². The van der Waals surface area contributed by atoms with E-state index in [0.717, 1.165) is 13.0 Å². The molecule has 0 bridgehead atoms. The number of hydrogen-bond donors (Lipinski definition) is 3. The molecule has 5 nitrogen and oxygen atoms in total. The molecular weight excluding hydrogens is 256 g/mol. The smallest absolute Gasteiger partial charge is 0.315 e. The number of carbonyl (C=O) groups excluding carboxylic acids is 1. The van der Waals surface area contributed by atoms with Crippen LogP contribution in [0.2, 0.25) is 0 Å². The van der Waals surface area contributed by atoms with Crippen LogP contribution >= 0.6 is 0 Å². The van der Waals surface area contributed by atoms with Gasteiger partial charge >= 0.3 is 6.03 Å². The minimum Gasteiger partial charge on any atom is -0.396 e. The van der Waals surface area contributed by atoms with Crippen molar-refractivity contribution in [1.29, 1.82) is 0 Å². The van der Waals surface area contributed by atoms with Gasteiger partial charge in [0.1, 0.15) is 0 Å². The molecule has 1 aliphatic heterocycles. The molecule has 2 amide bonds. The summed E-state index contributed by atoms with van der Waals surface area (Å²) in [5.41, 5.74) is 0.207. The second-order valence-electron chi connectivity index (χ2n) is 6.69. The summed E-state index contributed by atoms with van der Waals surface area (Å²) in [6.45, 7) is 2.87. The molecule has 2 aliphatic carbocycles. The van der Waals surface area contributed by atoms with Crippen LogP contribution in [0.15, 0.2) is 0 Å². The molecule has 5 heteroatoms. The number of amides is 2. The second kappa shape index (κ2) is 5.53. The summed E-state index contributed by atoms with van der Waals surface area (Å²) in [6, 6.07) is 0.196. The molecule has 3 rings (SSSR count). The highest BCUT2D eigenvalue weighted by molar-refractivity contribution is 5.75. The molecule has 114 valence electrons. The maximum absolute atomic E-state index is 12.1. The lowest BCUT2D eigenvalue weighted by molar-refractivity contribution is -0.126. The monoisotopic (exact) mass is 282 g/mol. The normalized spacial score (nSPS) is 35.4. The highest BCUT2D eigenvalue weighted by Crippen LogP contribution is 2.60. The van der Waals surface area contributed by atoms with Crippen LogP contribution in [0, 0.1) is 11.3 Å². The molecular formula is C15H26N2O3. The standard InChI is InChI=1S/C15H26N2O3/c1-10(4-8-18)16-14(19)17-12-11-5-9-20-13(11)15(12)6-2-3-7-15/h10-13,18H,2-9H2,1H3,(H2,16,17,19)/t10-,11?,12?,13?/m1/s1. The van der Waals surface area contributed by atoms with E-state index in [1.165, 1.54) is 25.7 Å². The Morgan fingerprint density at radius 1 is 1.45 bits per heavy atom. The maximum atomic E-state index is 12.1. The number of carbonyl (C=O) groups is 1. The number of nitrogens with one attached hydrogen (secondary N) is 2. The van der Waals surface area contributed by atoms with E-state index in [4.69, 9.17) is 9.84 Å². The average Bonchev–Trinajstić information content (AvgIpc) is 3.04. The van der Waals surface area contributed by atoms with Crippen molar-refractivity contribution in [2.24, 2.45) is 11.3 Å². The van der Waals surface area contributed by atoms with Gasteiger partial charge in [0.05, 0.1) is 6.10 Å². The predicted molar refractivity (Wildman–Crippen MR) is 75.4 cm³/mol. The largest absolute Gasteiger partial charge is 0.396 e. The summed E-state index contributed by atoms with van der Waals surface area (Å²) in [6.07, 6.45) is 6.93. The van der Waals surface area contributed by atoms with Crippen molar-refractivity contribution >= 4 is 6.03 Å². The van der Waals surface area contributed by atoms with Crippen molar-refractivity contribution in [2.75, 3.05) is 13.2 Å². The van der Waals surface area contributed by atoms with E-state index in [1.807, 2.05) is 6.92 Å². The predicted octanol–water partition coefficient (Wildman–Crippen LogP) is 1.40. The molecule has 20 heavy (non-hydrogen) atoms. The molecule has 0 radical (unpaired) electrons. The fraction of sp³-hybridized carbons (Fsp3) is 0.933. The van der Waals surface area contributed by atoms with E-state index in [0.29, 0.717) is 18.4 Å². The number of aliphatic hydroxyl groups is 1. The lowest BCUT2D eigenvalue weighted by atomic mass is 9.54. The van der Waals surface area contributed by atoms with Crippen LogP contribution in [0.5, 0.6) is 0 Å². The molecule has 3 N–H and O–H groups in total. The summed E-state index contributed by atoms with van der Waals surface area (Å²) in [5.74, 6) is 0.506. The van der Waals surface area contributed by atoms with E-state index in [2.05, 4.69) is 10.6 Å². The van der Waals surface area contributed by atoms with Gasteiger partial charge < -0.3 is 20.5 Å². The number of hydrogen-bond acceptors (Lipinski definition) is 3. The molecule has 1 spiro atoms. The summed E-state index contributed by atoms with van der Waals surface area (Å²) in [7, 11) is 0. The SMILES string of the molecule is C[C@H](CCO)NC(=O)NC1C2CCOC2C12CCCC2. The molecule has 0 aromatic carbocycles. The van der Waals surface area contributed by atoms with Gasteiger partial charge in [0.25, 0.3) is 0 Å². The third-order valence-corrected chi connectivity index (χ3v) is 5.51. The summed E-state index contributed by atoms with van der Waals surface area (Å²) < 4.78 is 5.92. The van der Waals surface area contributed by atoms with Crippen LogP contribution < -0.4 is 10.6 Å². The quantitative estimate of drug-likeness (QED) is 0.730. The number of fused-ring (bicyclic) bond motifs is 2. The Labute approximate surface area is 120 Å². The maximum Gasteiger partial charge on any atom is 0.315 e. The van der Waals surface area contributed by atoms with Gasteiger partial charge in [-0.15, -0.1) is 0 Å². The Morgan fingerprint density at radius 2 is 2.20 bits per heavy atom. The minimum atomic E-state index is -0.0902. The summed E-state index contributed by atoms with van der Waals surface area (Å²) in [5, 5.41) is 15.0. The number of ether oxygens (including phenoxy) is 1. The van der Waals surface area contributed by atoms with Crippen molar-refractivity contribution in [1.82, 2.24) is 10.6 Å². The van der Waals surface area contributed by atoms with Crippen LogP contribution in [-0.2, 0) is 4.74 Å². The molecule has 4 atom stereocenters. The molecule has 0 aromatic heterocycles. The first kappa shape index (κ1) is 14.1. The van der Waals surface area contributed by atoms with Crippen molar-refractivity contribution in [3.63, 3.8) is 0 Å². The van der Waals surface area contributed by atoms with Crippen molar-refractivity contribution in [3.8, 4) is 0 Å². The molecule has 1 saturated heterocycles. The summed E-state index contributed by atoms with van der Waals surface area (Å²) >= 11 is 0. The molecule has 3 unspecified atom stereocenters. The van der Waals surface area contributed by atoms with Gasteiger partial charge in [-0.05, 0) is 32.6 Å². The number of aliphatic hydroxyl groups excluding tert-OH is 1. The van der Waals surface area contributed by atoms with Crippen LogP contribution in [0.25, 0.3) is 0 Å². The van der Waals surface area contributed by atoms with E-state index >= 15 is 0 Å². The van der Waals surface area contributed by atoms with Crippen molar-refractivity contribution in [3.05, 3.63) is 0 Å². The fourth-order valence-corrected chi connectivity index (χ4v) is 4.58. The van der Waals surface area contributed by atoms with Crippen molar-refractivity contribution in [2.45, 2.75) is 63.6 Å². The molecule has 1 heterocycles. The Kier molecular flexibility index (Phi) is 3.91. The Balaban J connectivity index is 1.60. The topological polar surface area (TPSA) is 70.6 Å². The van der Waals surface area contributed by atoms with Crippen molar-refractivity contribution < 1.29 is 14.6 Å². The molecule has 2 saturated carbocycles. The average molecular weight is 282 g/mol. The fourth-order valence-electron chi connectivity index (χ4n) is 4.58. The van der Waals surface area contributed by atoms with Gasteiger partial charge in [-0.25, -0.2) is 4.79 Å². The van der Waals surface area contributed by atoms with E-state index in [9.17, 15) is 4.79 Å². The van der Waals surface area contributed by atoms with Gasteiger partial charge in [-0.1, -0.05) is 12.8 Å². The molecule has 3 aliphatic rings. The number of urea groups is 1. The zero-order valence-corrected chi connectivity index (χ0v) is 12.2. The van der Waals surface area contributed by atoms with Crippen LogP contribution in [0.1, 0.15) is 45.4 Å². The second-order valence-corrected chi connectivity index (χ2v) is 6.69. The lowest BCUT2D eigenvalue weighted by Crippen LogP contribution is -2.69. The van der Waals surface area contributed by atoms with Crippen LogP contribution in [0.4, 0.5) is 4.79 Å². The zero-order valence-electron chi connectivity index (χ0n) is 12.2. The zero-order chi connectivity index (χ0) is 14.2. The third kappa shape index (κ3) is 2.21. The van der Waals surface area contributed by atoms with Gasteiger partial charge in [0.15, 0.2) is 0 Å².